The number of benzene rings is 1. The molecule has 0 aliphatic rings. The van der Waals surface area contributed by atoms with Crippen LogP contribution in [0.3, 0.4) is 0 Å². The van der Waals surface area contributed by atoms with Gasteiger partial charge < -0.3 is 10.4 Å². The van der Waals surface area contributed by atoms with E-state index >= 15 is 0 Å². The summed E-state index contributed by atoms with van der Waals surface area (Å²) in [4.78, 5) is 11.9. The van der Waals surface area contributed by atoms with Gasteiger partial charge >= 0.3 is 0 Å². The lowest BCUT2D eigenvalue weighted by atomic mass is 9.95. The number of aliphatic hydroxyl groups is 1. The summed E-state index contributed by atoms with van der Waals surface area (Å²) >= 11 is 0. The first-order valence-corrected chi connectivity index (χ1v) is 5.81. The van der Waals surface area contributed by atoms with E-state index in [-0.39, 0.29) is 17.9 Å². The van der Waals surface area contributed by atoms with E-state index < -0.39 is 0 Å². The number of aryl methyl sites for hydroxylation is 2. The highest BCUT2D eigenvalue weighted by Crippen LogP contribution is 2.13. The maximum absolute atomic E-state index is 11.9. The monoisotopic (exact) mass is 235 g/mol. The molecular formula is C14H21NO2. The molecule has 0 saturated heterocycles. The minimum Gasteiger partial charge on any atom is -0.396 e. The van der Waals surface area contributed by atoms with Crippen LogP contribution in [0.15, 0.2) is 18.2 Å². The molecule has 1 amide bonds. The van der Waals surface area contributed by atoms with Gasteiger partial charge in [0.25, 0.3) is 5.91 Å². The molecule has 3 nitrogen and oxygen atoms in total. The number of nitrogens with one attached hydrogen (secondary N) is 1. The minimum atomic E-state index is -0.283. The standard InChI is InChI=1S/C14H21NO2/c1-10-5-11(2)7-12(6-10)13(17)15-8-14(3,4)9-16/h5-7,16H,8-9H2,1-4H3,(H,15,17). The summed E-state index contributed by atoms with van der Waals surface area (Å²) in [6.07, 6.45) is 0. The predicted molar refractivity (Wildman–Crippen MR) is 69.1 cm³/mol. The highest BCUT2D eigenvalue weighted by molar-refractivity contribution is 5.94. The fraction of sp³-hybridized carbons (Fsp3) is 0.500. The highest BCUT2D eigenvalue weighted by atomic mass is 16.3. The van der Waals surface area contributed by atoms with E-state index in [1.54, 1.807) is 0 Å². The summed E-state index contributed by atoms with van der Waals surface area (Å²) in [7, 11) is 0. The zero-order valence-corrected chi connectivity index (χ0v) is 11.0. The van der Waals surface area contributed by atoms with Gasteiger partial charge in [-0.25, -0.2) is 0 Å². The smallest absolute Gasteiger partial charge is 0.251 e. The molecule has 0 aromatic heterocycles. The molecule has 94 valence electrons. The van der Waals surface area contributed by atoms with E-state index in [9.17, 15) is 4.79 Å². The van der Waals surface area contributed by atoms with Crippen molar-refractivity contribution in [2.75, 3.05) is 13.2 Å². The Morgan fingerprint density at radius 1 is 1.24 bits per heavy atom. The molecule has 0 bridgehead atoms. The van der Waals surface area contributed by atoms with Crippen molar-refractivity contribution in [3.05, 3.63) is 34.9 Å². The van der Waals surface area contributed by atoms with Crippen LogP contribution >= 0.6 is 0 Å². The van der Waals surface area contributed by atoms with E-state index in [1.165, 1.54) is 0 Å². The largest absolute Gasteiger partial charge is 0.396 e. The molecule has 1 aromatic carbocycles. The average molecular weight is 235 g/mol. The van der Waals surface area contributed by atoms with Crippen molar-refractivity contribution in [1.82, 2.24) is 5.32 Å². The summed E-state index contributed by atoms with van der Waals surface area (Å²) in [5.41, 5.74) is 2.55. The molecule has 3 heteroatoms. The minimum absolute atomic E-state index is 0.0557. The molecule has 1 aromatic rings. The number of rotatable bonds is 4. The third kappa shape index (κ3) is 4.19. The third-order valence-corrected chi connectivity index (χ3v) is 2.64. The Labute approximate surface area is 103 Å². The molecule has 0 heterocycles. The van der Waals surface area contributed by atoms with Crippen LogP contribution in [-0.4, -0.2) is 24.2 Å². The summed E-state index contributed by atoms with van der Waals surface area (Å²) in [5.74, 6) is -0.0849. The van der Waals surface area contributed by atoms with Crippen LogP contribution in [0.25, 0.3) is 0 Å². The highest BCUT2D eigenvalue weighted by Gasteiger charge is 2.18. The lowest BCUT2D eigenvalue weighted by Crippen LogP contribution is -2.36. The molecule has 0 atom stereocenters. The second kappa shape index (κ2) is 5.32. The molecule has 0 fully saturated rings. The Hall–Kier alpha value is -1.35. The molecule has 17 heavy (non-hydrogen) atoms. The zero-order chi connectivity index (χ0) is 13.1. The molecule has 0 radical (unpaired) electrons. The summed E-state index contributed by atoms with van der Waals surface area (Å²) in [6, 6.07) is 5.77. The predicted octanol–water partition coefficient (Wildman–Crippen LogP) is 2.05. The fourth-order valence-corrected chi connectivity index (χ4v) is 1.58. The number of carbonyl (C=O) groups is 1. The van der Waals surface area contributed by atoms with Crippen LogP contribution in [0.1, 0.15) is 35.3 Å². The number of amides is 1. The number of aliphatic hydroxyl groups excluding tert-OH is 1. The van der Waals surface area contributed by atoms with Crippen molar-refractivity contribution >= 4 is 5.91 Å². The van der Waals surface area contributed by atoms with Gasteiger partial charge in [0.15, 0.2) is 0 Å². The van der Waals surface area contributed by atoms with E-state index in [4.69, 9.17) is 5.11 Å². The van der Waals surface area contributed by atoms with Gasteiger partial charge in [-0.15, -0.1) is 0 Å². The SMILES string of the molecule is Cc1cc(C)cc(C(=O)NCC(C)(C)CO)c1. The van der Waals surface area contributed by atoms with Gasteiger partial charge in [-0.1, -0.05) is 31.0 Å². The first-order valence-electron chi connectivity index (χ1n) is 5.81. The maximum atomic E-state index is 11.9. The van der Waals surface area contributed by atoms with E-state index in [2.05, 4.69) is 5.32 Å². The summed E-state index contributed by atoms with van der Waals surface area (Å²) in [6.45, 7) is 8.29. The molecule has 0 aliphatic carbocycles. The lowest BCUT2D eigenvalue weighted by molar-refractivity contribution is 0.0911. The van der Waals surface area contributed by atoms with Crippen LogP contribution in [0.5, 0.6) is 0 Å². The van der Waals surface area contributed by atoms with Crippen molar-refractivity contribution in [2.45, 2.75) is 27.7 Å². The van der Waals surface area contributed by atoms with Crippen LogP contribution < -0.4 is 5.32 Å². The topological polar surface area (TPSA) is 49.3 Å². The zero-order valence-electron chi connectivity index (χ0n) is 11.0. The second-order valence-corrected chi connectivity index (χ2v) is 5.38. The van der Waals surface area contributed by atoms with Gasteiger partial charge in [0.2, 0.25) is 0 Å². The van der Waals surface area contributed by atoms with Crippen molar-refractivity contribution in [2.24, 2.45) is 5.41 Å². The van der Waals surface area contributed by atoms with Gasteiger partial charge in [0, 0.05) is 24.1 Å². The van der Waals surface area contributed by atoms with Crippen LogP contribution in [-0.2, 0) is 0 Å². The normalized spacial score (nSPS) is 11.4. The van der Waals surface area contributed by atoms with Gasteiger partial charge in [0.1, 0.15) is 0 Å². The van der Waals surface area contributed by atoms with Gasteiger partial charge in [0.05, 0.1) is 0 Å². The van der Waals surface area contributed by atoms with Crippen LogP contribution in [0, 0.1) is 19.3 Å². The van der Waals surface area contributed by atoms with Gasteiger partial charge in [-0.2, -0.15) is 0 Å². The number of hydrogen-bond acceptors (Lipinski definition) is 2. The summed E-state index contributed by atoms with van der Waals surface area (Å²) < 4.78 is 0. The molecular weight excluding hydrogens is 214 g/mol. The quantitative estimate of drug-likeness (QED) is 0.839. The number of hydrogen-bond donors (Lipinski definition) is 2. The van der Waals surface area contributed by atoms with E-state index in [0.717, 1.165) is 11.1 Å². The average Bonchev–Trinajstić information content (AvgIpc) is 2.24. The lowest BCUT2D eigenvalue weighted by Gasteiger charge is -2.21. The Bertz CT molecular complexity index is 390. The summed E-state index contributed by atoms with van der Waals surface area (Å²) in [5, 5.41) is 12.0. The van der Waals surface area contributed by atoms with Crippen molar-refractivity contribution in [1.29, 1.82) is 0 Å². The Morgan fingerprint density at radius 3 is 2.24 bits per heavy atom. The molecule has 1 rings (SSSR count). The second-order valence-electron chi connectivity index (χ2n) is 5.38. The van der Waals surface area contributed by atoms with Gasteiger partial charge in [-0.05, 0) is 26.0 Å². The third-order valence-electron chi connectivity index (χ3n) is 2.64. The molecule has 0 unspecified atom stereocenters. The maximum Gasteiger partial charge on any atom is 0.251 e. The van der Waals surface area contributed by atoms with E-state index in [0.29, 0.717) is 12.1 Å². The first-order chi connectivity index (χ1) is 7.84. The van der Waals surface area contributed by atoms with Crippen LogP contribution in [0.2, 0.25) is 0 Å². The molecule has 0 aliphatic heterocycles. The van der Waals surface area contributed by atoms with E-state index in [1.807, 2.05) is 45.9 Å². The van der Waals surface area contributed by atoms with Crippen LogP contribution in [0.4, 0.5) is 0 Å². The Balaban J connectivity index is 2.70. The first kappa shape index (κ1) is 13.7. The van der Waals surface area contributed by atoms with Crippen molar-refractivity contribution in [3.63, 3.8) is 0 Å². The molecule has 2 N–H and O–H groups in total. The number of carbonyl (C=O) groups excluding carboxylic acids is 1. The fourth-order valence-electron chi connectivity index (χ4n) is 1.58. The molecule has 0 saturated carbocycles. The molecule has 0 spiro atoms. The van der Waals surface area contributed by atoms with Crippen molar-refractivity contribution < 1.29 is 9.90 Å². The van der Waals surface area contributed by atoms with Gasteiger partial charge in [-0.3, -0.25) is 4.79 Å². The Kier molecular flexibility index (Phi) is 4.29. The Morgan fingerprint density at radius 2 is 1.76 bits per heavy atom. The van der Waals surface area contributed by atoms with Crippen molar-refractivity contribution in [3.8, 4) is 0 Å².